The molecule has 1 atom stereocenters. The largest absolute Gasteiger partial charge is 0.294 e. The van der Waals surface area contributed by atoms with Gasteiger partial charge in [0.15, 0.2) is 15.6 Å². The van der Waals surface area contributed by atoms with Crippen LogP contribution in [0.3, 0.4) is 0 Å². The van der Waals surface area contributed by atoms with Crippen molar-refractivity contribution in [2.45, 2.75) is 39.0 Å². The van der Waals surface area contributed by atoms with Crippen LogP contribution in [0.5, 0.6) is 0 Å². The zero-order chi connectivity index (χ0) is 23.0. The van der Waals surface area contributed by atoms with Crippen molar-refractivity contribution >= 4 is 26.9 Å². The fraction of sp³-hybridized carbons (Fsp3) is 0.259. The van der Waals surface area contributed by atoms with E-state index in [9.17, 15) is 13.2 Å². The summed E-state index contributed by atoms with van der Waals surface area (Å²) < 4.78 is 23.9. The number of sulfone groups is 1. The summed E-state index contributed by atoms with van der Waals surface area (Å²) in [5, 5.41) is 0. The van der Waals surface area contributed by atoms with Gasteiger partial charge in [-0.1, -0.05) is 59.7 Å². The van der Waals surface area contributed by atoms with Crippen molar-refractivity contribution in [3.63, 3.8) is 0 Å². The van der Waals surface area contributed by atoms with Crippen LogP contribution in [0.2, 0.25) is 0 Å². The molecule has 164 valence electrons. The predicted octanol–water partition coefficient (Wildman–Crippen LogP) is 5.01. The van der Waals surface area contributed by atoms with Crippen molar-refractivity contribution < 1.29 is 13.2 Å². The molecule has 5 heteroatoms. The van der Waals surface area contributed by atoms with Gasteiger partial charge in [0.1, 0.15) is 0 Å². The van der Waals surface area contributed by atoms with Gasteiger partial charge in [-0.05, 0) is 55.2 Å². The van der Waals surface area contributed by atoms with E-state index in [1.165, 1.54) is 6.26 Å². The average Bonchev–Trinajstić information content (AvgIpc) is 2.79. The first kappa shape index (κ1) is 22.2. The Morgan fingerprint density at radius 2 is 1.72 bits per heavy atom. The highest BCUT2D eigenvalue weighted by Gasteiger charge is 2.26. The van der Waals surface area contributed by atoms with Crippen molar-refractivity contribution in [3.8, 4) is 0 Å². The molecule has 0 radical (unpaired) electrons. The molecule has 2 aliphatic rings. The zero-order valence-electron chi connectivity index (χ0n) is 18.8. The van der Waals surface area contributed by atoms with E-state index in [1.54, 1.807) is 6.08 Å². The summed E-state index contributed by atoms with van der Waals surface area (Å²) in [6, 6.07) is 13.8. The lowest BCUT2D eigenvalue weighted by Gasteiger charge is -2.17. The number of benzene rings is 2. The van der Waals surface area contributed by atoms with Crippen LogP contribution in [0, 0.1) is 6.92 Å². The van der Waals surface area contributed by atoms with Gasteiger partial charge in [-0.3, -0.25) is 9.79 Å². The maximum absolute atomic E-state index is 12.6. The summed E-state index contributed by atoms with van der Waals surface area (Å²) in [7, 11) is -3.18. The molecule has 0 N–H and O–H groups in total. The average molecular weight is 446 g/mol. The van der Waals surface area contributed by atoms with Crippen molar-refractivity contribution in [2.75, 3.05) is 6.26 Å². The predicted molar refractivity (Wildman–Crippen MR) is 131 cm³/mol. The first-order chi connectivity index (χ1) is 15.1. The number of carbonyl (C=O) groups excluding carboxylic acids is 1. The van der Waals surface area contributed by atoms with Gasteiger partial charge in [0.25, 0.3) is 0 Å². The quantitative estimate of drug-likeness (QED) is 0.667. The van der Waals surface area contributed by atoms with Crippen molar-refractivity contribution in [1.29, 1.82) is 0 Å². The summed E-state index contributed by atoms with van der Waals surface area (Å²) >= 11 is 0. The van der Waals surface area contributed by atoms with E-state index in [0.29, 0.717) is 6.42 Å². The molecular weight excluding hydrogens is 418 g/mol. The van der Waals surface area contributed by atoms with E-state index < -0.39 is 9.84 Å². The number of rotatable bonds is 3. The smallest absolute Gasteiger partial charge is 0.160 e. The molecule has 1 heterocycles. The molecule has 2 aromatic carbocycles. The molecule has 0 amide bonds. The molecule has 1 aliphatic carbocycles. The molecule has 32 heavy (non-hydrogen) atoms. The second-order valence-corrected chi connectivity index (χ2v) is 10.9. The van der Waals surface area contributed by atoms with Crippen LogP contribution in [0.15, 0.2) is 76.8 Å². The molecule has 0 aromatic heterocycles. The van der Waals surface area contributed by atoms with Crippen LogP contribution in [0.25, 0.3) is 5.57 Å². The highest BCUT2D eigenvalue weighted by atomic mass is 32.2. The van der Waals surface area contributed by atoms with Gasteiger partial charge < -0.3 is 0 Å². The summed E-state index contributed by atoms with van der Waals surface area (Å²) in [6.45, 7) is 6.00. The standard InChI is InChI=1S/C27H27NO3S/c1-17-5-9-21(10-6-17)27-24-12-8-20(16-32(4,30)31)14-26(24)23-11-7-18(2)13-22(29)15-25(23)19(3)28-27/h5-12,14-15,19H,13,16H2,1-4H3/b18-7+,23-11+,25-15-/t19-/m0/s1. The number of carbonyl (C=O) groups is 1. The minimum atomic E-state index is -3.18. The number of allylic oxidation sites excluding steroid dienone is 4. The number of hydrogen-bond donors (Lipinski definition) is 0. The van der Waals surface area contributed by atoms with E-state index in [0.717, 1.165) is 50.2 Å². The van der Waals surface area contributed by atoms with Gasteiger partial charge in [-0.2, -0.15) is 0 Å². The van der Waals surface area contributed by atoms with E-state index in [2.05, 4.69) is 24.3 Å². The van der Waals surface area contributed by atoms with Gasteiger partial charge in [0.05, 0.1) is 17.5 Å². The normalized spacial score (nSPS) is 23.6. The highest BCUT2D eigenvalue weighted by molar-refractivity contribution is 7.89. The van der Waals surface area contributed by atoms with Crippen LogP contribution in [-0.4, -0.2) is 32.2 Å². The molecule has 0 spiro atoms. The second-order valence-electron chi connectivity index (χ2n) is 8.81. The number of aliphatic imine (C=N–C) groups is 1. The Bertz CT molecular complexity index is 1320. The lowest BCUT2D eigenvalue weighted by atomic mass is 9.86. The number of aryl methyl sites for hydroxylation is 1. The molecule has 0 bridgehead atoms. The van der Waals surface area contributed by atoms with Crippen LogP contribution in [0.1, 0.15) is 48.1 Å². The van der Waals surface area contributed by atoms with Crippen molar-refractivity contribution in [2.24, 2.45) is 4.99 Å². The second kappa shape index (κ2) is 8.47. The number of nitrogens with zero attached hydrogens (tertiary/aromatic N) is 1. The van der Waals surface area contributed by atoms with Crippen LogP contribution in [-0.2, 0) is 20.4 Å². The molecule has 4 nitrogen and oxygen atoms in total. The van der Waals surface area contributed by atoms with Gasteiger partial charge in [-0.15, -0.1) is 0 Å². The fourth-order valence-corrected chi connectivity index (χ4v) is 5.02. The van der Waals surface area contributed by atoms with Gasteiger partial charge in [0, 0.05) is 23.8 Å². The Morgan fingerprint density at radius 3 is 2.41 bits per heavy atom. The number of fused-ring (bicyclic) bond motifs is 3. The molecule has 0 fully saturated rings. The van der Waals surface area contributed by atoms with Crippen LogP contribution >= 0.6 is 0 Å². The molecular formula is C27H27NO3S. The van der Waals surface area contributed by atoms with Crippen molar-refractivity contribution in [1.82, 2.24) is 0 Å². The van der Waals surface area contributed by atoms with Crippen LogP contribution < -0.4 is 0 Å². The third-order valence-corrected chi connectivity index (χ3v) is 6.63. The first-order valence-electron chi connectivity index (χ1n) is 10.7. The lowest BCUT2D eigenvalue weighted by Crippen LogP contribution is -2.10. The lowest BCUT2D eigenvalue weighted by molar-refractivity contribution is -0.114. The Labute approximate surface area is 190 Å². The maximum Gasteiger partial charge on any atom is 0.160 e. The Balaban J connectivity index is 2.01. The van der Waals surface area contributed by atoms with Crippen molar-refractivity contribution in [3.05, 3.63) is 99.7 Å². The number of ketones is 1. The van der Waals surface area contributed by atoms with Crippen LogP contribution in [0.4, 0.5) is 0 Å². The summed E-state index contributed by atoms with van der Waals surface area (Å²) in [5.41, 5.74) is 8.33. The van der Waals surface area contributed by atoms with Gasteiger partial charge in [-0.25, -0.2) is 8.42 Å². The topological polar surface area (TPSA) is 63.6 Å². The zero-order valence-corrected chi connectivity index (χ0v) is 19.7. The third kappa shape index (κ3) is 4.73. The van der Waals surface area contributed by atoms with E-state index in [1.807, 2.05) is 51.1 Å². The molecule has 2 aromatic rings. The highest BCUT2D eigenvalue weighted by Crippen LogP contribution is 2.36. The molecule has 0 saturated carbocycles. The SMILES string of the molecule is C\C1=C/C=C2\C(=C/C(=O)C1)[C@H](C)N=C(c1ccc(C)cc1)c1ccc(CS(C)(=O)=O)cc12. The summed E-state index contributed by atoms with van der Waals surface area (Å²) in [6.07, 6.45) is 7.36. The summed E-state index contributed by atoms with van der Waals surface area (Å²) in [5.74, 6) is 0.0153. The minimum Gasteiger partial charge on any atom is -0.294 e. The Kier molecular flexibility index (Phi) is 5.87. The Hall–Kier alpha value is -3.05. The number of hydrogen-bond acceptors (Lipinski definition) is 4. The van der Waals surface area contributed by atoms with E-state index >= 15 is 0 Å². The van der Waals surface area contributed by atoms with E-state index in [-0.39, 0.29) is 17.6 Å². The molecule has 0 unspecified atom stereocenters. The molecule has 1 aliphatic heterocycles. The minimum absolute atomic E-state index is 0.0348. The molecule has 0 saturated heterocycles. The Morgan fingerprint density at radius 1 is 1.00 bits per heavy atom. The molecule has 4 rings (SSSR count). The van der Waals surface area contributed by atoms with Gasteiger partial charge in [0.2, 0.25) is 0 Å². The fourth-order valence-electron chi connectivity index (χ4n) is 4.24. The van der Waals surface area contributed by atoms with E-state index in [4.69, 9.17) is 4.99 Å². The monoisotopic (exact) mass is 445 g/mol. The van der Waals surface area contributed by atoms with Gasteiger partial charge >= 0.3 is 0 Å². The third-order valence-electron chi connectivity index (χ3n) is 5.77. The summed E-state index contributed by atoms with van der Waals surface area (Å²) in [4.78, 5) is 17.7. The maximum atomic E-state index is 12.6. The first-order valence-corrected chi connectivity index (χ1v) is 12.8.